The number of ether oxygens (including phenoxy) is 1. The van der Waals surface area contributed by atoms with Crippen LogP contribution in [-0.4, -0.2) is 29.0 Å². The zero-order valence-corrected chi connectivity index (χ0v) is 12.4. The smallest absolute Gasteiger partial charge is 0.0834 e. The monoisotopic (exact) mass is 283 g/mol. The van der Waals surface area contributed by atoms with Crippen molar-refractivity contribution < 1.29 is 4.74 Å². The zero-order chi connectivity index (χ0) is 13.4. The molecule has 2 aliphatic heterocycles. The summed E-state index contributed by atoms with van der Waals surface area (Å²) in [4.78, 5) is 0. The van der Waals surface area contributed by atoms with Gasteiger partial charge in [-0.25, -0.2) is 0 Å². The number of halogens is 1. The van der Waals surface area contributed by atoms with E-state index in [-0.39, 0.29) is 6.04 Å². The van der Waals surface area contributed by atoms with E-state index in [1.807, 2.05) is 7.05 Å². The highest BCUT2D eigenvalue weighted by atomic mass is 35.5. The van der Waals surface area contributed by atoms with Gasteiger partial charge in [-0.2, -0.15) is 5.10 Å². The summed E-state index contributed by atoms with van der Waals surface area (Å²) in [5.74, 6) is 0.522. The van der Waals surface area contributed by atoms with E-state index in [0.717, 1.165) is 30.1 Å². The van der Waals surface area contributed by atoms with Crippen LogP contribution in [0.2, 0.25) is 5.02 Å². The lowest BCUT2D eigenvalue weighted by atomic mass is 9.82. The van der Waals surface area contributed by atoms with Crippen LogP contribution in [0.25, 0.3) is 0 Å². The molecule has 2 saturated heterocycles. The largest absolute Gasteiger partial charge is 0.375 e. The predicted octanol–water partition coefficient (Wildman–Crippen LogP) is 2.77. The Kier molecular flexibility index (Phi) is 3.83. The molecule has 106 valence electrons. The first-order valence-corrected chi connectivity index (χ1v) is 7.66. The van der Waals surface area contributed by atoms with E-state index in [9.17, 15) is 0 Å². The normalized spacial score (nSPS) is 31.0. The molecule has 1 aromatic heterocycles. The quantitative estimate of drug-likeness (QED) is 0.903. The minimum absolute atomic E-state index is 0.247. The highest BCUT2D eigenvalue weighted by molar-refractivity contribution is 6.31. The number of fused-ring (bicyclic) bond motifs is 2. The maximum absolute atomic E-state index is 6.37. The number of hydrogen-bond donors (Lipinski definition) is 1. The summed E-state index contributed by atoms with van der Waals surface area (Å²) in [5.41, 5.74) is 1.13. The molecule has 2 aliphatic rings. The summed E-state index contributed by atoms with van der Waals surface area (Å²) < 4.78 is 8.04. The van der Waals surface area contributed by atoms with Gasteiger partial charge in [-0.3, -0.25) is 4.68 Å². The molecule has 19 heavy (non-hydrogen) atoms. The second kappa shape index (κ2) is 5.43. The van der Waals surface area contributed by atoms with Crippen LogP contribution in [0, 0.1) is 5.92 Å². The SMILES string of the molecule is CCCn1ncc(Cl)c1C(NC)C1CC2CCC1O2. The van der Waals surface area contributed by atoms with Crippen LogP contribution in [-0.2, 0) is 11.3 Å². The Morgan fingerprint density at radius 3 is 3.00 bits per heavy atom. The Balaban J connectivity index is 1.87. The van der Waals surface area contributed by atoms with E-state index < -0.39 is 0 Å². The Morgan fingerprint density at radius 1 is 1.58 bits per heavy atom. The third-order valence-electron chi connectivity index (χ3n) is 4.46. The fourth-order valence-corrected chi connectivity index (χ4v) is 3.91. The fraction of sp³-hybridized carbons (Fsp3) is 0.786. The highest BCUT2D eigenvalue weighted by Gasteiger charge is 2.45. The van der Waals surface area contributed by atoms with E-state index in [1.165, 1.54) is 12.8 Å². The molecule has 3 heterocycles. The Hall–Kier alpha value is -0.580. The molecule has 1 aromatic rings. The van der Waals surface area contributed by atoms with Crippen LogP contribution in [0.4, 0.5) is 0 Å². The first kappa shape index (κ1) is 13.4. The molecule has 0 aliphatic carbocycles. The van der Waals surface area contributed by atoms with Gasteiger partial charge in [0.25, 0.3) is 0 Å². The van der Waals surface area contributed by atoms with Crippen LogP contribution in [0.15, 0.2) is 6.20 Å². The summed E-state index contributed by atoms with van der Waals surface area (Å²) in [7, 11) is 2.01. The van der Waals surface area contributed by atoms with Gasteiger partial charge in [-0.1, -0.05) is 18.5 Å². The van der Waals surface area contributed by atoms with Gasteiger partial charge in [0, 0.05) is 12.5 Å². The minimum Gasteiger partial charge on any atom is -0.375 e. The first-order chi connectivity index (χ1) is 9.24. The molecule has 3 rings (SSSR count). The van der Waals surface area contributed by atoms with Gasteiger partial charge >= 0.3 is 0 Å². The van der Waals surface area contributed by atoms with E-state index in [0.29, 0.717) is 18.1 Å². The van der Waals surface area contributed by atoms with E-state index in [2.05, 4.69) is 22.0 Å². The molecule has 2 fully saturated rings. The third-order valence-corrected chi connectivity index (χ3v) is 4.75. The number of hydrogen-bond acceptors (Lipinski definition) is 3. The van der Waals surface area contributed by atoms with Crippen LogP contribution in [0.1, 0.15) is 44.3 Å². The lowest BCUT2D eigenvalue weighted by molar-refractivity contribution is 0.0856. The predicted molar refractivity (Wildman–Crippen MR) is 75.3 cm³/mol. The lowest BCUT2D eigenvalue weighted by Crippen LogP contribution is -2.33. The lowest BCUT2D eigenvalue weighted by Gasteiger charge is -2.29. The number of nitrogens with one attached hydrogen (secondary N) is 1. The van der Waals surface area contributed by atoms with Gasteiger partial charge in [0.1, 0.15) is 0 Å². The Labute approximate surface area is 119 Å². The molecule has 5 heteroatoms. The van der Waals surface area contributed by atoms with E-state index >= 15 is 0 Å². The topological polar surface area (TPSA) is 39.1 Å². The van der Waals surface area contributed by atoms with Crippen molar-refractivity contribution >= 4 is 11.6 Å². The molecule has 2 bridgehead atoms. The average Bonchev–Trinajstić information content (AvgIpc) is 3.10. The van der Waals surface area contributed by atoms with Crippen molar-refractivity contribution in [3.8, 4) is 0 Å². The van der Waals surface area contributed by atoms with Crippen molar-refractivity contribution in [3.05, 3.63) is 16.9 Å². The average molecular weight is 284 g/mol. The van der Waals surface area contributed by atoms with Crippen LogP contribution in [0.3, 0.4) is 0 Å². The number of nitrogens with zero attached hydrogens (tertiary/aromatic N) is 2. The summed E-state index contributed by atoms with van der Waals surface area (Å²) in [6.45, 7) is 3.08. The van der Waals surface area contributed by atoms with Gasteiger partial charge in [0.05, 0.1) is 35.2 Å². The second-order valence-electron chi connectivity index (χ2n) is 5.64. The van der Waals surface area contributed by atoms with Gasteiger partial charge in [-0.05, 0) is 32.7 Å². The maximum Gasteiger partial charge on any atom is 0.0834 e. The van der Waals surface area contributed by atoms with E-state index in [1.54, 1.807) is 6.20 Å². The molecular formula is C14H22ClN3O. The summed E-state index contributed by atoms with van der Waals surface area (Å²) in [6, 6.07) is 0.247. The van der Waals surface area contributed by atoms with Crippen LogP contribution in [0.5, 0.6) is 0 Å². The second-order valence-corrected chi connectivity index (χ2v) is 6.05. The molecule has 0 aromatic carbocycles. The first-order valence-electron chi connectivity index (χ1n) is 7.28. The number of rotatable bonds is 5. The molecule has 4 atom stereocenters. The van der Waals surface area contributed by atoms with Gasteiger partial charge in [0.15, 0.2) is 0 Å². The molecule has 4 unspecified atom stereocenters. The van der Waals surface area contributed by atoms with Crippen LogP contribution < -0.4 is 5.32 Å². The van der Waals surface area contributed by atoms with Crippen molar-refractivity contribution in [3.63, 3.8) is 0 Å². The van der Waals surface area contributed by atoms with Crippen molar-refractivity contribution in [1.82, 2.24) is 15.1 Å². The molecule has 0 amide bonds. The molecule has 4 nitrogen and oxygen atoms in total. The number of aryl methyl sites for hydroxylation is 1. The molecule has 0 radical (unpaired) electrons. The Bertz CT molecular complexity index is 448. The summed E-state index contributed by atoms with van der Waals surface area (Å²) in [6.07, 6.45) is 7.24. The minimum atomic E-state index is 0.247. The van der Waals surface area contributed by atoms with Crippen molar-refractivity contribution in [2.45, 2.75) is 57.4 Å². The Morgan fingerprint density at radius 2 is 2.42 bits per heavy atom. The fourth-order valence-electron chi connectivity index (χ4n) is 3.65. The van der Waals surface area contributed by atoms with Crippen molar-refractivity contribution in [2.75, 3.05) is 7.05 Å². The van der Waals surface area contributed by atoms with Gasteiger partial charge < -0.3 is 10.1 Å². The standard InChI is InChI=1S/C14H22ClN3O/c1-3-6-18-14(11(15)8-17-18)13(16-2)10-7-9-4-5-12(10)19-9/h8-10,12-13,16H,3-7H2,1-2H3. The summed E-state index contributed by atoms with van der Waals surface area (Å²) >= 11 is 6.37. The zero-order valence-electron chi connectivity index (χ0n) is 11.6. The van der Waals surface area contributed by atoms with Gasteiger partial charge in [0.2, 0.25) is 0 Å². The van der Waals surface area contributed by atoms with Crippen molar-refractivity contribution in [1.29, 1.82) is 0 Å². The summed E-state index contributed by atoms with van der Waals surface area (Å²) in [5, 5.41) is 8.63. The molecule has 0 spiro atoms. The maximum atomic E-state index is 6.37. The van der Waals surface area contributed by atoms with Gasteiger partial charge in [-0.15, -0.1) is 0 Å². The van der Waals surface area contributed by atoms with E-state index in [4.69, 9.17) is 16.3 Å². The molecule has 1 N–H and O–H groups in total. The number of aromatic nitrogens is 2. The van der Waals surface area contributed by atoms with Crippen LogP contribution >= 0.6 is 11.6 Å². The highest BCUT2D eigenvalue weighted by Crippen LogP contribution is 2.45. The molecule has 0 saturated carbocycles. The third kappa shape index (κ3) is 2.30. The molecular weight excluding hydrogens is 262 g/mol. The van der Waals surface area contributed by atoms with Crippen molar-refractivity contribution in [2.24, 2.45) is 5.92 Å².